The second kappa shape index (κ2) is 11.3. The van der Waals surface area contributed by atoms with Crippen molar-refractivity contribution in [3.8, 4) is 0 Å². The number of sulfonamides is 1. The van der Waals surface area contributed by atoms with E-state index in [0.29, 0.717) is 30.8 Å². The van der Waals surface area contributed by atoms with Crippen molar-refractivity contribution in [1.29, 1.82) is 0 Å². The predicted molar refractivity (Wildman–Crippen MR) is 129 cm³/mol. The van der Waals surface area contributed by atoms with E-state index in [2.05, 4.69) is 15.4 Å². The molecular weight excluding hydrogens is 440 g/mol. The number of rotatable bonds is 8. The van der Waals surface area contributed by atoms with Gasteiger partial charge in [0, 0.05) is 31.4 Å². The Balaban J connectivity index is 1.57. The van der Waals surface area contributed by atoms with Crippen LogP contribution in [-0.4, -0.2) is 44.4 Å². The average Bonchev–Trinajstić information content (AvgIpc) is 2.78. The SMILES string of the molecule is CC(C)NS(=O)(=O)Cc1ccccc1CNC(=O)C1CCCN(C(=O)Nc2ccccc2)C1. The van der Waals surface area contributed by atoms with E-state index in [1.807, 2.05) is 42.5 Å². The lowest BCUT2D eigenvalue weighted by molar-refractivity contribution is -0.126. The fraction of sp³-hybridized carbons (Fsp3) is 0.417. The van der Waals surface area contributed by atoms with Crippen molar-refractivity contribution in [1.82, 2.24) is 14.9 Å². The number of benzene rings is 2. The van der Waals surface area contributed by atoms with E-state index in [0.717, 1.165) is 12.0 Å². The van der Waals surface area contributed by atoms with Gasteiger partial charge in [-0.2, -0.15) is 0 Å². The molecule has 3 N–H and O–H groups in total. The molecule has 8 nitrogen and oxygen atoms in total. The molecular formula is C24H32N4O4S. The van der Waals surface area contributed by atoms with E-state index in [4.69, 9.17) is 0 Å². The van der Waals surface area contributed by atoms with Crippen LogP contribution in [0, 0.1) is 5.92 Å². The van der Waals surface area contributed by atoms with Crippen molar-refractivity contribution >= 4 is 27.6 Å². The van der Waals surface area contributed by atoms with Crippen molar-refractivity contribution in [2.45, 2.75) is 45.0 Å². The maximum absolute atomic E-state index is 12.8. The van der Waals surface area contributed by atoms with Crippen LogP contribution in [0.2, 0.25) is 0 Å². The zero-order chi connectivity index (χ0) is 23.8. The van der Waals surface area contributed by atoms with Crippen molar-refractivity contribution < 1.29 is 18.0 Å². The Morgan fingerprint density at radius 2 is 1.70 bits per heavy atom. The molecule has 0 aromatic heterocycles. The van der Waals surface area contributed by atoms with Gasteiger partial charge in [-0.3, -0.25) is 4.79 Å². The molecule has 9 heteroatoms. The van der Waals surface area contributed by atoms with Crippen LogP contribution < -0.4 is 15.4 Å². The van der Waals surface area contributed by atoms with Crippen molar-refractivity contribution in [2.75, 3.05) is 18.4 Å². The molecule has 0 spiro atoms. The number of carbonyl (C=O) groups is 2. The topological polar surface area (TPSA) is 108 Å². The number of anilines is 1. The Kier molecular flexibility index (Phi) is 8.46. The monoisotopic (exact) mass is 472 g/mol. The maximum Gasteiger partial charge on any atom is 0.321 e. The fourth-order valence-corrected chi connectivity index (χ4v) is 5.40. The first-order valence-electron chi connectivity index (χ1n) is 11.2. The minimum Gasteiger partial charge on any atom is -0.352 e. The highest BCUT2D eigenvalue weighted by Crippen LogP contribution is 2.19. The summed E-state index contributed by atoms with van der Waals surface area (Å²) in [6.07, 6.45) is 1.45. The molecule has 2 aromatic rings. The smallest absolute Gasteiger partial charge is 0.321 e. The van der Waals surface area contributed by atoms with Gasteiger partial charge in [0.2, 0.25) is 15.9 Å². The fourth-order valence-electron chi connectivity index (χ4n) is 3.90. The third-order valence-electron chi connectivity index (χ3n) is 5.44. The minimum absolute atomic E-state index is 0.134. The van der Waals surface area contributed by atoms with Gasteiger partial charge in [-0.1, -0.05) is 42.5 Å². The van der Waals surface area contributed by atoms with Gasteiger partial charge in [0.25, 0.3) is 0 Å². The number of piperidine rings is 1. The quantitative estimate of drug-likeness (QED) is 0.549. The zero-order valence-corrected chi connectivity index (χ0v) is 19.9. The van der Waals surface area contributed by atoms with Crippen molar-refractivity contribution in [3.05, 3.63) is 65.7 Å². The summed E-state index contributed by atoms with van der Waals surface area (Å²) < 4.78 is 27.3. The number of likely N-dealkylation sites (tertiary alicyclic amines) is 1. The van der Waals surface area contributed by atoms with Crippen molar-refractivity contribution in [2.24, 2.45) is 5.92 Å². The van der Waals surface area contributed by atoms with Gasteiger partial charge in [0.15, 0.2) is 0 Å². The van der Waals surface area contributed by atoms with E-state index in [1.165, 1.54) is 0 Å². The summed E-state index contributed by atoms with van der Waals surface area (Å²) in [5.74, 6) is -0.586. The summed E-state index contributed by atoms with van der Waals surface area (Å²) in [7, 11) is -3.47. The molecule has 1 aliphatic rings. The first kappa shape index (κ1) is 24.7. The van der Waals surface area contributed by atoms with Crippen LogP contribution in [0.15, 0.2) is 54.6 Å². The highest BCUT2D eigenvalue weighted by Gasteiger charge is 2.28. The standard InChI is InChI=1S/C24H32N4O4S/c1-18(2)27-33(31,32)17-21-10-7-6-9-19(21)15-25-23(29)20-11-8-14-28(16-20)24(30)26-22-12-4-3-5-13-22/h3-7,9-10,12-13,18,20,27H,8,11,14-17H2,1-2H3,(H,25,29)(H,26,30). The zero-order valence-electron chi connectivity index (χ0n) is 19.1. The van der Waals surface area contributed by atoms with Crippen LogP contribution in [0.5, 0.6) is 0 Å². The van der Waals surface area contributed by atoms with Crippen LogP contribution in [-0.2, 0) is 27.1 Å². The second-order valence-electron chi connectivity index (χ2n) is 8.60. The first-order valence-corrected chi connectivity index (χ1v) is 12.8. The lowest BCUT2D eigenvalue weighted by Gasteiger charge is -2.32. The maximum atomic E-state index is 12.8. The van der Waals surface area contributed by atoms with E-state index >= 15 is 0 Å². The van der Waals surface area contributed by atoms with Crippen LogP contribution in [0.4, 0.5) is 10.5 Å². The molecule has 0 radical (unpaired) electrons. The van der Waals surface area contributed by atoms with E-state index < -0.39 is 10.0 Å². The van der Waals surface area contributed by atoms with Gasteiger partial charge in [-0.05, 0) is 49.9 Å². The largest absolute Gasteiger partial charge is 0.352 e. The third kappa shape index (κ3) is 7.57. The van der Waals surface area contributed by atoms with E-state index in [1.54, 1.807) is 30.9 Å². The number of nitrogens with zero attached hydrogens (tertiary/aromatic N) is 1. The number of hydrogen-bond acceptors (Lipinski definition) is 4. The molecule has 1 fully saturated rings. The van der Waals surface area contributed by atoms with Gasteiger partial charge in [0.1, 0.15) is 0 Å². The first-order chi connectivity index (χ1) is 15.7. The third-order valence-corrected chi connectivity index (χ3v) is 6.96. The molecule has 1 unspecified atom stereocenters. The highest BCUT2D eigenvalue weighted by molar-refractivity contribution is 7.88. The Morgan fingerprint density at radius 3 is 2.39 bits per heavy atom. The number of hydrogen-bond donors (Lipinski definition) is 3. The number of nitrogens with one attached hydrogen (secondary N) is 3. The van der Waals surface area contributed by atoms with Gasteiger partial charge >= 0.3 is 6.03 Å². The lowest BCUT2D eigenvalue weighted by atomic mass is 9.97. The Morgan fingerprint density at radius 1 is 1.03 bits per heavy atom. The summed E-state index contributed by atoms with van der Waals surface area (Å²) >= 11 is 0. The Hall–Kier alpha value is -2.91. The van der Waals surface area contributed by atoms with E-state index in [-0.39, 0.29) is 36.2 Å². The summed E-state index contributed by atoms with van der Waals surface area (Å²) in [6, 6.07) is 16.0. The normalized spacial score (nSPS) is 16.5. The number of amides is 3. The molecule has 1 saturated heterocycles. The number of carbonyl (C=O) groups excluding carboxylic acids is 2. The summed E-state index contributed by atoms with van der Waals surface area (Å²) in [4.78, 5) is 27.1. The molecule has 1 atom stereocenters. The Labute approximate surface area is 195 Å². The molecule has 178 valence electrons. The molecule has 0 bridgehead atoms. The van der Waals surface area contributed by atoms with Crippen LogP contribution >= 0.6 is 0 Å². The molecule has 0 aliphatic carbocycles. The Bertz CT molecular complexity index is 1060. The second-order valence-corrected chi connectivity index (χ2v) is 10.4. The summed E-state index contributed by atoms with van der Waals surface area (Å²) in [5.41, 5.74) is 2.13. The predicted octanol–water partition coefficient (Wildman–Crippen LogP) is 3.07. The molecule has 33 heavy (non-hydrogen) atoms. The summed E-state index contributed by atoms with van der Waals surface area (Å²) in [5, 5.41) is 5.80. The highest BCUT2D eigenvalue weighted by atomic mass is 32.2. The molecule has 2 aromatic carbocycles. The van der Waals surface area contributed by atoms with E-state index in [9.17, 15) is 18.0 Å². The minimum atomic E-state index is -3.47. The molecule has 0 saturated carbocycles. The van der Waals surface area contributed by atoms with Gasteiger partial charge in [0.05, 0.1) is 11.7 Å². The van der Waals surface area contributed by atoms with Gasteiger partial charge in [-0.25, -0.2) is 17.9 Å². The summed E-state index contributed by atoms with van der Waals surface area (Å²) in [6.45, 7) is 4.73. The van der Waals surface area contributed by atoms with Crippen molar-refractivity contribution in [3.63, 3.8) is 0 Å². The average molecular weight is 473 g/mol. The molecule has 1 aliphatic heterocycles. The van der Waals surface area contributed by atoms with Crippen LogP contribution in [0.25, 0.3) is 0 Å². The van der Waals surface area contributed by atoms with Gasteiger partial charge in [-0.15, -0.1) is 0 Å². The number of urea groups is 1. The molecule has 3 rings (SSSR count). The van der Waals surface area contributed by atoms with Crippen LogP contribution in [0.1, 0.15) is 37.8 Å². The number of para-hydroxylation sites is 1. The lowest BCUT2D eigenvalue weighted by Crippen LogP contribution is -2.46. The molecule has 1 heterocycles. The van der Waals surface area contributed by atoms with Gasteiger partial charge < -0.3 is 15.5 Å². The van der Waals surface area contributed by atoms with Crippen LogP contribution in [0.3, 0.4) is 0 Å². The molecule has 3 amide bonds.